The minimum Gasteiger partial charge on any atom is -0.301 e. The Kier molecular flexibility index (Phi) is 3.63. The zero-order valence-corrected chi connectivity index (χ0v) is 11.6. The highest BCUT2D eigenvalue weighted by atomic mass is 79.9. The Bertz CT molecular complexity index is 641. The van der Waals surface area contributed by atoms with Crippen molar-refractivity contribution in [1.82, 2.24) is 9.13 Å². The van der Waals surface area contributed by atoms with Crippen LogP contribution >= 0.6 is 27.3 Å². The molecule has 17 heavy (non-hydrogen) atoms. The van der Waals surface area contributed by atoms with Crippen molar-refractivity contribution in [1.29, 1.82) is 0 Å². The molecule has 0 atom stereocenters. The molecule has 0 bridgehead atoms. The lowest BCUT2D eigenvalue weighted by atomic mass is 10.4. The Labute approximate surface area is 110 Å². The number of thiophene rings is 1. The highest BCUT2D eigenvalue weighted by Crippen LogP contribution is 2.22. The molecule has 0 aliphatic rings. The van der Waals surface area contributed by atoms with Gasteiger partial charge in [0, 0.05) is 28.2 Å². The molecule has 0 N–H and O–H groups in total. The Morgan fingerprint density at radius 1 is 1.35 bits per heavy atom. The Hall–Kier alpha value is -1.14. The van der Waals surface area contributed by atoms with Gasteiger partial charge in [-0.05, 0) is 34.3 Å². The fourth-order valence-electron chi connectivity index (χ4n) is 1.52. The molecule has 0 saturated carbocycles. The van der Waals surface area contributed by atoms with Crippen LogP contribution in [0.4, 0.5) is 0 Å². The third-order valence-corrected chi connectivity index (χ3v) is 4.38. The maximum Gasteiger partial charge on any atom is 0.331 e. The van der Waals surface area contributed by atoms with Gasteiger partial charge in [0.25, 0.3) is 5.56 Å². The molecule has 2 aromatic rings. The first-order valence-corrected chi connectivity index (χ1v) is 6.83. The molecule has 0 aromatic carbocycles. The topological polar surface area (TPSA) is 44.0 Å². The quantitative estimate of drug-likeness (QED) is 0.868. The number of halogens is 1. The molecule has 2 heterocycles. The second-order valence-corrected chi connectivity index (χ2v) is 5.36. The van der Waals surface area contributed by atoms with Crippen LogP contribution in [-0.2, 0) is 13.1 Å². The highest BCUT2D eigenvalue weighted by molar-refractivity contribution is 9.10. The number of rotatable bonds is 3. The van der Waals surface area contributed by atoms with E-state index in [1.165, 1.54) is 32.7 Å². The first-order valence-electron chi connectivity index (χ1n) is 5.15. The van der Waals surface area contributed by atoms with Crippen molar-refractivity contribution in [3.05, 3.63) is 53.9 Å². The molecule has 0 amide bonds. The smallest absolute Gasteiger partial charge is 0.301 e. The second kappa shape index (κ2) is 5.01. The van der Waals surface area contributed by atoms with Gasteiger partial charge in [0.1, 0.15) is 0 Å². The molecule has 6 heteroatoms. The van der Waals surface area contributed by atoms with E-state index in [9.17, 15) is 9.59 Å². The molecule has 4 nitrogen and oxygen atoms in total. The Morgan fingerprint density at radius 3 is 2.71 bits per heavy atom. The van der Waals surface area contributed by atoms with E-state index < -0.39 is 0 Å². The average molecular weight is 315 g/mol. The van der Waals surface area contributed by atoms with Gasteiger partial charge in [-0.2, -0.15) is 0 Å². The molecule has 0 unspecified atom stereocenters. The number of aromatic nitrogens is 2. The SMILES string of the molecule is CCn1ccc(=O)n(Cc2sccc2Br)c1=O. The van der Waals surface area contributed by atoms with E-state index in [-0.39, 0.29) is 11.2 Å². The number of nitrogens with zero attached hydrogens (tertiary/aromatic N) is 2. The lowest BCUT2D eigenvalue weighted by molar-refractivity contribution is 0.602. The van der Waals surface area contributed by atoms with Gasteiger partial charge in [0.05, 0.1) is 6.54 Å². The summed E-state index contributed by atoms with van der Waals surface area (Å²) in [7, 11) is 0. The lowest BCUT2D eigenvalue weighted by Gasteiger charge is -2.07. The molecule has 90 valence electrons. The number of hydrogen-bond acceptors (Lipinski definition) is 3. The molecule has 0 saturated heterocycles. The normalized spacial score (nSPS) is 10.7. The molecular formula is C11H11BrN2O2S. The van der Waals surface area contributed by atoms with Crippen LogP contribution in [0, 0.1) is 0 Å². The van der Waals surface area contributed by atoms with Gasteiger partial charge in [-0.3, -0.25) is 9.36 Å². The summed E-state index contributed by atoms with van der Waals surface area (Å²) in [6.45, 7) is 2.75. The van der Waals surface area contributed by atoms with Crippen molar-refractivity contribution in [3.63, 3.8) is 0 Å². The van der Waals surface area contributed by atoms with E-state index in [2.05, 4.69) is 15.9 Å². The van der Waals surface area contributed by atoms with Gasteiger partial charge in [-0.25, -0.2) is 4.79 Å². The summed E-state index contributed by atoms with van der Waals surface area (Å²) >= 11 is 4.92. The van der Waals surface area contributed by atoms with Crippen LogP contribution in [0.1, 0.15) is 11.8 Å². The van der Waals surface area contributed by atoms with Gasteiger partial charge in [0.15, 0.2) is 0 Å². The third kappa shape index (κ3) is 2.42. The molecule has 0 radical (unpaired) electrons. The van der Waals surface area contributed by atoms with Crippen LogP contribution in [-0.4, -0.2) is 9.13 Å². The van der Waals surface area contributed by atoms with Crippen LogP contribution in [0.25, 0.3) is 0 Å². The van der Waals surface area contributed by atoms with E-state index >= 15 is 0 Å². The monoisotopic (exact) mass is 314 g/mol. The van der Waals surface area contributed by atoms with Crippen LogP contribution < -0.4 is 11.2 Å². The Morgan fingerprint density at radius 2 is 2.12 bits per heavy atom. The maximum absolute atomic E-state index is 12.0. The molecule has 0 aliphatic heterocycles. The predicted octanol–water partition coefficient (Wildman–Crippen LogP) is 1.90. The number of hydrogen-bond donors (Lipinski definition) is 0. The van der Waals surface area contributed by atoms with Gasteiger partial charge < -0.3 is 4.57 Å². The predicted molar refractivity (Wildman–Crippen MR) is 71.8 cm³/mol. The van der Waals surface area contributed by atoms with E-state index in [1.807, 2.05) is 18.4 Å². The molecule has 0 aliphatic carbocycles. The molecule has 0 fully saturated rings. The summed E-state index contributed by atoms with van der Waals surface area (Å²) in [5.41, 5.74) is -0.527. The summed E-state index contributed by atoms with van der Waals surface area (Å²) < 4.78 is 3.70. The van der Waals surface area contributed by atoms with Gasteiger partial charge in [-0.1, -0.05) is 0 Å². The van der Waals surface area contributed by atoms with E-state index in [4.69, 9.17) is 0 Å². The summed E-state index contributed by atoms with van der Waals surface area (Å²) in [5.74, 6) is 0. The fraction of sp³-hybridized carbons (Fsp3) is 0.273. The number of aryl methyl sites for hydroxylation is 1. The van der Waals surface area contributed by atoms with E-state index in [1.54, 1.807) is 0 Å². The zero-order chi connectivity index (χ0) is 12.4. The summed E-state index contributed by atoms with van der Waals surface area (Å²) in [6, 6.07) is 3.33. The largest absolute Gasteiger partial charge is 0.331 e. The lowest BCUT2D eigenvalue weighted by Crippen LogP contribution is -2.38. The second-order valence-electron chi connectivity index (χ2n) is 3.50. The summed E-state index contributed by atoms with van der Waals surface area (Å²) in [6.07, 6.45) is 1.53. The van der Waals surface area contributed by atoms with Gasteiger partial charge >= 0.3 is 5.69 Å². The van der Waals surface area contributed by atoms with Crippen molar-refractivity contribution < 1.29 is 0 Å². The average Bonchev–Trinajstić information content (AvgIpc) is 2.70. The van der Waals surface area contributed by atoms with Gasteiger partial charge in [-0.15, -0.1) is 11.3 Å². The molecular weight excluding hydrogens is 304 g/mol. The van der Waals surface area contributed by atoms with Crippen LogP contribution in [0.3, 0.4) is 0 Å². The minimum atomic E-state index is -0.264. The zero-order valence-electron chi connectivity index (χ0n) is 9.22. The van der Waals surface area contributed by atoms with Crippen molar-refractivity contribution in [2.75, 3.05) is 0 Å². The van der Waals surface area contributed by atoms with E-state index in [0.29, 0.717) is 13.1 Å². The first kappa shape index (κ1) is 12.3. The third-order valence-electron chi connectivity index (χ3n) is 2.47. The first-order chi connectivity index (χ1) is 8.13. The molecule has 2 aromatic heterocycles. The van der Waals surface area contributed by atoms with Crippen molar-refractivity contribution in [2.24, 2.45) is 0 Å². The van der Waals surface area contributed by atoms with Gasteiger partial charge in [0.2, 0.25) is 0 Å². The minimum absolute atomic E-state index is 0.264. The Balaban J connectivity index is 2.49. The summed E-state index contributed by atoms with van der Waals surface area (Å²) in [4.78, 5) is 24.6. The van der Waals surface area contributed by atoms with Crippen molar-refractivity contribution in [2.45, 2.75) is 20.0 Å². The molecule has 2 rings (SSSR count). The standard InChI is InChI=1S/C11H11BrN2O2S/c1-2-13-5-3-10(15)14(11(13)16)7-9-8(12)4-6-17-9/h3-6H,2,7H2,1H3. The van der Waals surface area contributed by atoms with Crippen molar-refractivity contribution >= 4 is 27.3 Å². The van der Waals surface area contributed by atoms with Crippen molar-refractivity contribution in [3.8, 4) is 0 Å². The summed E-state index contributed by atoms with van der Waals surface area (Å²) in [5, 5.41) is 1.92. The van der Waals surface area contributed by atoms with Crippen LogP contribution in [0.15, 0.2) is 37.8 Å². The maximum atomic E-state index is 12.0. The van der Waals surface area contributed by atoms with E-state index in [0.717, 1.165) is 9.35 Å². The molecule has 0 spiro atoms. The van der Waals surface area contributed by atoms with Crippen LogP contribution in [0.2, 0.25) is 0 Å². The fourth-order valence-corrected chi connectivity index (χ4v) is 2.99. The highest BCUT2D eigenvalue weighted by Gasteiger charge is 2.08. The van der Waals surface area contributed by atoms with Crippen LogP contribution in [0.5, 0.6) is 0 Å².